The van der Waals surface area contributed by atoms with Gasteiger partial charge in [-0.3, -0.25) is 14.4 Å². The topological polar surface area (TPSA) is 96.5 Å². The quantitative estimate of drug-likeness (QED) is 0.516. The molecule has 8 heteroatoms. The van der Waals surface area contributed by atoms with E-state index in [4.69, 9.17) is 4.74 Å². The molecule has 3 amide bonds. The Morgan fingerprint density at radius 2 is 1.53 bits per heavy atom. The summed E-state index contributed by atoms with van der Waals surface area (Å²) in [5.74, 6) is -0.380. The zero-order valence-electron chi connectivity index (χ0n) is 17.0. The molecule has 2 rings (SSSR count). The van der Waals surface area contributed by atoms with Crippen LogP contribution < -0.4 is 20.7 Å². The number of ether oxygens (including phenoxy) is 1. The minimum Gasteiger partial charge on any atom is -0.497 e. The van der Waals surface area contributed by atoms with Crippen LogP contribution in [0.2, 0.25) is 0 Å². The van der Waals surface area contributed by atoms with E-state index >= 15 is 0 Å². The average molecular weight is 415 g/mol. The Morgan fingerprint density at radius 3 is 2.10 bits per heavy atom. The van der Waals surface area contributed by atoms with E-state index < -0.39 is 6.04 Å². The molecule has 0 saturated carbocycles. The van der Waals surface area contributed by atoms with Crippen molar-refractivity contribution in [1.29, 1.82) is 0 Å². The average Bonchev–Trinajstić information content (AvgIpc) is 2.72. The second-order valence-electron chi connectivity index (χ2n) is 6.73. The van der Waals surface area contributed by atoms with Crippen molar-refractivity contribution in [3.05, 3.63) is 65.5 Å². The maximum atomic E-state index is 12.9. The number of hydrogen-bond donors (Lipinski definition) is 3. The summed E-state index contributed by atoms with van der Waals surface area (Å²) in [6.45, 7) is 1.91. The largest absolute Gasteiger partial charge is 0.497 e. The lowest BCUT2D eigenvalue weighted by molar-refractivity contribution is -0.124. The van der Waals surface area contributed by atoms with Crippen LogP contribution in [0.5, 0.6) is 5.75 Å². The van der Waals surface area contributed by atoms with Gasteiger partial charge in [0.05, 0.1) is 26.0 Å². The molecular weight excluding hydrogens is 389 g/mol. The number of benzene rings is 2. The SMILES string of the molecule is COc1ccc(C(CC(=O)NCCNC(=O)Cc2ccc(F)cc2)NC(C)=O)cc1. The Balaban J connectivity index is 1.77. The van der Waals surface area contributed by atoms with Gasteiger partial charge in [0.25, 0.3) is 0 Å². The first-order valence-electron chi connectivity index (χ1n) is 9.56. The molecule has 0 radical (unpaired) electrons. The molecule has 0 spiro atoms. The summed E-state index contributed by atoms with van der Waals surface area (Å²) >= 11 is 0. The fourth-order valence-corrected chi connectivity index (χ4v) is 2.85. The first-order valence-corrected chi connectivity index (χ1v) is 9.56. The fraction of sp³-hybridized carbons (Fsp3) is 0.318. The van der Waals surface area contributed by atoms with Crippen LogP contribution in [0.25, 0.3) is 0 Å². The molecule has 0 aliphatic heterocycles. The molecule has 0 heterocycles. The van der Waals surface area contributed by atoms with Crippen molar-refractivity contribution in [3.8, 4) is 5.75 Å². The van der Waals surface area contributed by atoms with Gasteiger partial charge in [-0.15, -0.1) is 0 Å². The normalized spacial score (nSPS) is 11.3. The summed E-state index contributed by atoms with van der Waals surface area (Å²) < 4.78 is 18.0. The smallest absolute Gasteiger partial charge is 0.224 e. The van der Waals surface area contributed by atoms with Crippen molar-refractivity contribution >= 4 is 17.7 Å². The van der Waals surface area contributed by atoms with Gasteiger partial charge < -0.3 is 20.7 Å². The maximum Gasteiger partial charge on any atom is 0.224 e. The second kappa shape index (κ2) is 11.5. The third-order valence-electron chi connectivity index (χ3n) is 4.33. The van der Waals surface area contributed by atoms with E-state index in [0.29, 0.717) is 11.3 Å². The molecule has 2 aromatic carbocycles. The predicted molar refractivity (Wildman–Crippen MR) is 110 cm³/mol. The van der Waals surface area contributed by atoms with Crippen LogP contribution in [0.3, 0.4) is 0 Å². The molecule has 3 N–H and O–H groups in total. The minimum absolute atomic E-state index is 0.0649. The van der Waals surface area contributed by atoms with E-state index in [9.17, 15) is 18.8 Å². The van der Waals surface area contributed by atoms with Crippen LogP contribution in [0.1, 0.15) is 30.5 Å². The third-order valence-corrected chi connectivity index (χ3v) is 4.33. The summed E-state index contributed by atoms with van der Waals surface area (Å²) in [6, 6.07) is 12.4. The standard InChI is InChI=1S/C22H26FN3O4/c1-15(27)26-20(17-5-9-19(30-2)10-6-17)14-22(29)25-12-11-24-21(28)13-16-3-7-18(23)8-4-16/h3-10,20H,11-14H2,1-2H3,(H,24,28)(H,25,29)(H,26,27). The van der Waals surface area contributed by atoms with Gasteiger partial charge in [0.2, 0.25) is 17.7 Å². The van der Waals surface area contributed by atoms with Gasteiger partial charge in [-0.25, -0.2) is 4.39 Å². The van der Waals surface area contributed by atoms with Crippen LogP contribution in [-0.4, -0.2) is 37.9 Å². The third kappa shape index (κ3) is 7.90. The lowest BCUT2D eigenvalue weighted by atomic mass is 10.0. The highest BCUT2D eigenvalue weighted by Gasteiger charge is 2.17. The van der Waals surface area contributed by atoms with Gasteiger partial charge in [0.1, 0.15) is 11.6 Å². The monoisotopic (exact) mass is 415 g/mol. The number of methoxy groups -OCH3 is 1. The Bertz CT molecular complexity index is 854. The van der Waals surface area contributed by atoms with Gasteiger partial charge in [-0.1, -0.05) is 24.3 Å². The number of rotatable bonds is 10. The lowest BCUT2D eigenvalue weighted by Crippen LogP contribution is -2.37. The number of carbonyl (C=O) groups excluding carboxylic acids is 3. The Kier molecular flexibility index (Phi) is 8.80. The highest BCUT2D eigenvalue weighted by atomic mass is 19.1. The summed E-state index contributed by atoms with van der Waals surface area (Å²) in [5.41, 5.74) is 1.49. The van der Waals surface area contributed by atoms with Crippen molar-refractivity contribution < 1.29 is 23.5 Å². The van der Waals surface area contributed by atoms with Gasteiger partial charge in [-0.05, 0) is 35.4 Å². The summed E-state index contributed by atoms with van der Waals surface area (Å²) in [6.07, 6.45) is 0.200. The van der Waals surface area contributed by atoms with Crippen molar-refractivity contribution in [2.45, 2.75) is 25.8 Å². The van der Waals surface area contributed by atoms with Crippen molar-refractivity contribution in [1.82, 2.24) is 16.0 Å². The van der Waals surface area contributed by atoms with Crippen LogP contribution in [-0.2, 0) is 20.8 Å². The van der Waals surface area contributed by atoms with Crippen LogP contribution >= 0.6 is 0 Å². The molecule has 30 heavy (non-hydrogen) atoms. The van der Waals surface area contributed by atoms with Crippen molar-refractivity contribution in [2.75, 3.05) is 20.2 Å². The summed E-state index contributed by atoms with van der Waals surface area (Å²) in [5, 5.41) is 8.19. The lowest BCUT2D eigenvalue weighted by Gasteiger charge is -2.18. The molecule has 0 aromatic heterocycles. The minimum atomic E-state index is -0.471. The molecular formula is C22H26FN3O4. The van der Waals surface area contributed by atoms with Gasteiger partial charge >= 0.3 is 0 Å². The molecule has 0 fully saturated rings. The number of hydrogen-bond acceptors (Lipinski definition) is 4. The van der Waals surface area contributed by atoms with Crippen molar-refractivity contribution in [2.24, 2.45) is 0 Å². The maximum absolute atomic E-state index is 12.9. The molecule has 1 atom stereocenters. The van der Waals surface area contributed by atoms with Gasteiger partial charge in [-0.2, -0.15) is 0 Å². The Hall–Kier alpha value is -3.42. The molecule has 2 aromatic rings. The van der Waals surface area contributed by atoms with E-state index in [1.807, 2.05) is 0 Å². The zero-order valence-corrected chi connectivity index (χ0v) is 17.0. The van der Waals surface area contributed by atoms with E-state index in [1.165, 1.54) is 19.1 Å². The Morgan fingerprint density at radius 1 is 0.933 bits per heavy atom. The Labute approximate surface area is 175 Å². The number of halogens is 1. The fourth-order valence-electron chi connectivity index (χ4n) is 2.85. The molecule has 0 aliphatic rings. The summed E-state index contributed by atoms with van der Waals surface area (Å²) in [4.78, 5) is 35.7. The molecule has 7 nitrogen and oxygen atoms in total. The second-order valence-corrected chi connectivity index (χ2v) is 6.73. The van der Waals surface area contributed by atoms with Gasteiger partial charge in [0.15, 0.2) is 0 Å². The van der Waals surface area contributed by atoms with E-state index in [0.717, 1.165) is 5.56 Å². The molecule has 1 unspecified atom stereocenters. The molecule has 0 saturated heterocycles. The molecule has 160 valence electrons. The highest BCUT2D eigenvalue weighted by Crippen LogP contribution is 2.20. The van der Waals surface area contributed by atoms with Crippen LogP contribution in [0, 0.1) is 5.82 Å². The summed E-state index contributed by atoms with van der Waals surface area (Å²) in [7, 11) is 1.56. The van der Waals surface area contributed by atoms with Crippen LogP contribution in [0.15, 0.2) is 48.5 Å². The van der Waals surface area contributed by atoms with Crippen LogP contribution in [0.4, 0.5) is 4.39 Å². The highest BCUT2D eigenvalue weighted by molar-refractivity contribution is 5.80. The first kappa shape index (κ1) is 22.9. The van der Waals surface area contributed by atoms with E-state index in [2.05, 4.69) is 16.0 Å². The number of amides is 3. The number of nitrogens with one attached hydrogen (secondary N) is 3. The first-order chi connectivity index (χ1) is 14.4. The molecule has 0 bridgehead atoms. The zero-order chi connectivity index (χ0) is 21.9. The molecule has 0 aliphatic carbocycles. The predicted octanol–water partition coefficient (Wildman–Crippen LogP) is 1.88. The van der Waals surface area contributed by atoms with E-state index in [-0.39, 0.29) is 49.5 Å². The van der Waals surface area contributed by atoms with Gasteiger partial charge in [0, 0.05) is 20.0 Å². The van der Waals surface area contributed by atoms with Crippen molar-refractivity contribution in [3.63, 3.8) is 0 Å². The van der Waals surface area contributed by atoms with E-state index in [1.54, 1.807) is 43.5 Å². The number of carbonyl (C=O) groups is 3.